The van der Waals surface area contributed by atoms with E-state index in [1.807, 2.05) is 44.2 Å². The van der Waals surface area contributed by atoms with Gasteiger partial charge in [-0.2, -0.15) is 0 Å². The molecule has 1 atom stereocenters. The van der Waals surface area contributed by atoms with Gasteiger partial charge in [0, 0.05) is 11.3 Å². The van der Waals surface area contributed by atoms with Gasteiger partial charge in [0.15, 0.2) is 10.2 Å². The van der Waals surface area contributed by atoms with Crippen molar-refractivity contribution in [2.45, 2.75) is 26.3 Å². The standard InChI is InChI=1S/C15H15N3OS2/c1-9-10(2)21-15(16-9)18-13(19)12(17-14(18)20)8-11-6-4-3-5-7-11/h3-7,12H,8H2,1-2H3,(H,17,20). The van der Waals surface area contributed by atoms with Gasteiger partial charge >= 0.3 is 0 Å². The minimum absolute atomic E-state index is 0.0300. The fraction of sp³-hybridized carbons (Fsp3) is 0.267. The van der Waals surface area contributed by atoms with Crippen LogP contribution in [0, 0.1) is 13.8 Å². The average Bonchev–Trinajstić information content (AvgIpc) is 2.92. The predicted molar refractivity (Wildman–Crippen MR) is 88.7 cm³/mol. The van der Waals surface area contributed by atoms with E-state index >= 15 is 0 Å². The Morgan fingerprint density at radius 2 is 2.05 bits per heavy atom. The molecule has 1 fully saturated rings. The van der Waals surface area contributed by atoms with Gasteiger partial charge in [-0.15, -0.1) is 11.3 Å². The van der Waals surface area contributed by atoms with Gasteiger partial charge in [0.25, 0.3) is 5.91 Å². The third-order valence-electron chi connectivity index (χ3n) is 3.51. The fourth-order valence-corrected chi connectivity index (χ4v) is 3.55. The summed E-state index contributed by atoms with van der Waals surface area (Å²) < 4.78 is 0. The Bertz CT molecular complexity index is 677. The number of carbonyl (C=O) groups excluding carboxylic acids is 1. The highest BCUT2D eigenvalue weighted by Crippen LogP contribution is 2.28. The maximum absolute atomic E-state index is 12.6. The quantitative estimate of drug-likeness (QED) is 0.884. The summed E-state index contributed by atoms with van der Waals surface area (Å²) in [5.41, 5.74) is 2.05. The van der Waals surface area contributed by atoms with Gasteiger partial charge in [0.2, 0.25) is 0 Å². The topological polar surface area (TPSA) is 45.2 Å². The molecule has 1 aromatic heterocycles. The van der Waals surface area contributed by atoms with E-state index in [4.69, 9.17) is 12.2 Å². The first-order chi connectivity index (χ1) is 10.1. The van der Waals surface area contributed by atoms with Crippen molar-refractivity contribution >= 4 is 39.7 Å². The van der Waals surface area contributed by atoms with Crippen molar-refractivity contribution in [2.75, 3.05) is 4.90 Å². The van der Waals surface area contributed by atoms with Crippen LogP contribution in [0.25, 0.3) is 0 Å². The Labute approximate surface area is 132 Å². The zero-order valence-electron chi connectivity index (χ0n) is 11.8. The number of nitrogens with one attached hydrogen (secondary N) is 1. The number of carbonyl (C=O) groups is 1. The first-order valence-electron chi connectivity index (χ1n) is 6.68. The monoisotopic (exact) mass is 317 g/mol. The summed E-state index contributed by atoms with van der Waals surface area (Å²) >= 11 is 6.80. The lowest BCUT2D eigenvalue weighted by atomic mass is 10.1. The van der Waals surface area contributed by atoms with E-state index in [1.165, 1.54) is 16.2 Å². The molecule has 1 N–H and O–H groups in total. The third kappa shape index (κ3) is 2.69. The van der Waals surface area contributed by atoms with Crippen molar-refractivity contribution < 1.29 is 4.79 Å². The Hall–Kier alpha value is -1.79. The summed E-state index contributed by atoms with van der Waals surface area (Å²) in [6.45, 7) is 3.93. The summed E-state index contributed by atoms with van der Waals surface area (Å²) in [5.74, 6) is -0.0300. The molecule has 1 aromatic carbocycles. The smallest absolute Gasteiger partial charge is 0.258 e. The molecule has 2 aromatic rings. The van der Waals surface area contributed by atoms with Crippen molar-refractivity contribution in [3.05, 3.63) is 46.5 Å². The Balaban J connectivity index is 1.82. The predicted octanol–water partition coefficient (Wildman–Crippen LogP) is 2.59. The van der Waals surface area contributed by atoms with Gasteiger partial charge in [-0.25, -0.2) is 9.88 Å². The molecule has 3 rings (SSSR count). The van der Waals surface area contributed by atoms with Gasteiger partial charge in [0.05, 0.1) is 5.69 Å². The van der Waals surface area contributed by atoms with Crippen LogP contribution in [0.4, 0.5) is 5.13 Å². The fourth-order valence-electron chi connectivity index (χ4n) is 2.25. The molecule has 0 spiro atoms. The number of hydrogen-bond acceptors (Lipinski definition) is 4. The van der Waals surface area contributed by atoms with Crippen LogP contribution in [0.5, 0.6) is 0 Å². The molecule has 1 aliphatic rings. The summed E-state index contributed by atoms with van der Waals surface area (Å²) in [6, 6.07) is 9.61. The van der Waals surface area contributed by atoms with Crippen LogP contribution in [0.2, 0.25) is 0 Å². The SMILES string of the molecule is Cc1nc(N2C(=O)C(Cc3ccccc3)NC2=S)sc1C. The van der Waals surface area contributed by atoms with Crippen molar-refractivity contribution in [1.29, 1.82) is 0 Å². The number of benzene rings is 1. The molecular weight excluding hydrogens is 302 g/mol. The van der Waals surface area contributed by atoms with Gasteiger partial charge < -0.3 is 5.32 Å². The molecule has 21 heavy (non-hydrogen) atoms. The number of aromatic nitrogens is 1. The van der Waals surface area contributed by atoms with Crippen molar-refractivity contribution in [1.82, 2.24) is 10.3 Å². The van der Waals surface area contributed by atoms with Crippen LogP contribution < -0.4 is 10.2 Å². The van der Waals surface area contributed by atoms with Crippen molar-refractivity contribution in [2.24, 2.45) is 0 Å². The number of aryl methyl sites for hydroxylation is 2. The van der Waals surface area contributed by atoms with Crippen molar-refractivity contribution in [3.8, 4) is 0 Å². The molecule has 1 aliphatic heterocycles. The number of amides is 1. The maximum Gasteiger partial charge on any atom is 0.258 e. The molecule has 1 unspecified atom stereocenters. The highest BCUT2D eigenvalue weighted by molar-refractivity contribution is 7.80. The first kappa shape index (κ1) is 14.2. The molecule has 0 bridgehead atoms. The molecular formula is C15H15N3OS2. The first-order valence-corrected chi connectivity index (χ1v) is 7.91. The molecule has 0 radical (unpaired) electrons. The molecule has 1 amide bonds. The second-order valence-corrected chi connectivity index (χ2v) is 6.57. The van der Waals surface area contributed by atoms with Crippen LogP contribution in [0.1, 0.15) is 16.1 Å². The minimum atomic E-state index is -0.315. The molecule has 108 valence electrons. The third-order valence-corrected chi connectivity index (χ3v) is 4.87. The lowest BCUT2D eigenvalue weighted by Crippen LogP contribution is -2.32. The summed E-state index contributed by atoms with van der Waals surface area (Å²) in [5, 5.41) is 4.20. The minimum Gasteiger partial charge on any atom is -0.350 e. The number of nitrogens with zero attached hydrogens (tertiary/aromatic N) is 2. The zero-order valence-corrected chi connectivity index (χ0v) is 13.4. The van der Waals surface area contributed by atoms with Crippen LogP contribution in [0.15, 0.2) is 30.3 Å². The summed E-state index contributed by atoms with van der Waals surface area (Å²) in [7, 11) is 0. The highest BCUT2D eigenvalue weighted by Gasteiger charge is 2.38. The second kappa shape index (κ2) is 5.54. The lowest BCUT2D eigenvalue weighted by Gasteiger charge is -2.10. The Morgan fingerprint density at radius 3 is 2.67 bits per heavy atom. The van der Waals surface area contributed by atoms with Crippen LogP contribution in [-0.2, 0) is 11.2 Å². The molecule has 0 saturated carbocycles. The highest BCUT2D eigenvalue weighted by atomic mass is 32.1. The Morgan fingerprint density at radius 1 is 1.33 bits per heavy atom. The van der Waals surface area contributed by atoms with E-state index in [-0.39, 0.29) is 11.9 Å². The number of rotatable bonds is 3. The van der Waals surface area contributed by atoms with E-state index in [0.717, 1.165) is 16.1 Å². The van der Waals surface area contributed by atoms with E-state index in [0.29, 0.717) is 16.7 Å². The lowest BCUT2D eigenvalue weighted by molar-refractivity contribution is -0.118. The number of anilines is 1. The Kier molecular flexibility index (Phi) is 3.73. The van der Waals surface area contributed by atoms with Crippen molar-refractivity contribution in [3.63, 3.8) is 0 Å². The summed E-state index contributed by atoms with van der Waals surface area (Å²) in [4.78, 5) is 19.6. The van der Waals surface area contributed by atoms with Gasteiger partial charge in [0.1, 0.15) is 6.04 Å². The van der Waals surface area contributed by atoms with E-state index in [2.05, 4.69) is 10.3 Å². The summed E-state index contributed by atoms with van der Waals surface area (Å²) in [6.07, 6.45) is 0.625. The van der Waals surface area contributed by atoms with Crippen LogP contribution in [0.3, 0.4) is 0 Å². The number of thiazole rings is 1. The molecule has 6 heteroatoms. The largest absolute Gasteiger partial charge is 0.350 e. The molecule has 2 heterocycles. The molecule has 1 saturated heterocycles. The van der Waals surface area contributed by atoms with E-state index in [1.54, 1.807) is 0 Å². The normalized spacial score (nSPS) is 18.2. The molecule has 4 nitrogen and oxygen atoms in total. The van der Waals surface area contributed by atoms with E-state index < -0.39 is 0 Å². The van der Waals surface area contributed by atoms with Crippen LogP contribution >= 0.6 is 23.6 Å². The van der Waals surface area contributed by atoms with Gasteiger partial charge in [-0.3, -0.25) is 4.79 Å². The molecule has 0 aliphatic carbocycles. The van der Waals surface area contributed by atoms with Gasteiger partial charge in [-0.05, 0) is 31.6 Å². The maximum atomic E-state index is 12.6. The number of hydrogen-bond donors (Lipinski definition) is 1. The second-order valence-electron chi connectivity index (χ2n) is 5.00. The van der Waals surface area contributed by atoms with Crippen LogP contribution in [-0.4, -0.2) is 22.0 Å². The average molecular weight is 317 g/mol. The van der Waals surface area contributed by atoms with E-state index in [9.17, 15) is 4.79 Å². The number of thiocarbonyl (C=S) groups is 1. The van der Waals surface area contributed by atoms with Gasteiger partial charge in [-0.1, -0.05) is 30.3 Å². The zero-order chi connectivity index (χ0) is 15.0.